The molecule has 0 aliphatic carbocycles. The molecule has 0 spiro atoms. The molecule has 1 aromatic heterocycles. The fourth-order valence-corrected chi connectivity index (χ4v) is 1.65. The molecule has 1 aromatic rings. The van der Waals surface area contributed by atoms with Gasteiger partial charge in [-0.3, -0.25) is 4.74 Å². The number of nitrogen functional groups attached to an aromatic ring is 1. The molecule has 0 saturated carbocycles. The molecule has 2 N–H and O–H groups in total. The van der Waals surface area contributed by atoms with Crippen LogP contribution in [0.2, 0.25) is 0 Å². The second-order valence-electron chi connectivity index (χ2n) is 2.86. The van der Waals surface area contributed by atoms with Gasteiger partial charge >= 0.3 is 6.36 Å². The van der Waals surface area contributed by atoms with Gasteiger partial charge in [-0.15, -0.1) is 13.2 Å². The summed E-state index contributed by atoms with van der Waals surface area (Å²) >= 11 is 1.06. The van der Waals surface area contributed by atoms with Crippen molar-refractivity contribution >= 4 is 17.6 Å². The van der Waals surface area contributed by atoms with E-state index in [1.54, 1.807) is 13.0 Å². The van der Waals surface area contributed by atoms with E-state index >= 15 is 0 Å². The van der Waals surface area contributed by atoms with Crippen molar-refractivity contribution in [2.24, 2.45) is 0 Å². The minimum Gasteiger partial charge on any atom is -0.384 e. The third-order valence-corrected chi connectivity index (χ3v) is 2.25. The number of nitrogens with two attached hydrogens (primary N) is 1. The lowest BCUT2D eigenvalue weighted by atomic mass is 10.4. The molecule has 0 fully saturated rings. The average molecular weight is 253 g/mol. The molecule has 90 valence electrons. The van der Waals surface area contributed by atoms with Crippen LogP contribution in [0.15, 0.2) is 11.2 Å². The van der Waals surface area contributed by atoms with Crippen molar-refractivity contribution in [1.29, 1.82) is 0 Å². The van der Waals surface area contributed by atoms with E-state index in [9.17, 15) is 13.2 Å². The Morgan fingerprint density at radius 3 is 2.69 bits per heavy atom. The number of hydrogen-bond acceptors (Lipinski definition) is 5. The molecule has 0 radical (unpaired) electrons. The largest absolute Gasteiger partial charge is 0.522 e. The average Bonchev–Trinajstić information content (AvgIpc) is 2.09. The highest BCUT2D eigenvalue weighted by atomic mass is 32.2. The quantitative estimate of drug-likeness (QED) is 0.505. The van der Waals surface area contributed by atoms with E-state index in [1.807, 2.05) is 0 Å². The molecule has 1 rings (SSSR count). The van der Waals surface area contributed by atoms with Gasteiger partial charge in [0.1, 0.15) is 5.82 Å². The fraction of sp³-hybridized carbons (Fsp3) is 0.500. The maximum Gasteiger partial charge on any atom is 0.522 e. The van der Waals surface area contributed by atoms with Gasteiger partial charge in [-0.05, 0) is 6.92 Å². The lowest BCUT2D eigenvalue weighted by Crippen LogP contribution is -2.15. The first kappa shape index (κ1) is 13.0. The fourth-order valence-electron chi connectivity index (χ4n) is 0.920. The van der Waals surface area contributed by atoms with E-state index in [0.29, 0.717) is 16.7 Å². The highest BCUT2D eigenvalue weighted by Crippen LogP contribution is 2.19. The molecule has 1 heterocycles. The summed E-state index contributed by atoms with van der Waals surface area (Å²) in [6.45, 7) is 1.29. The minimum absolute atomic E-state index is 0.113. The molecule has 8 heteroatoms. The molecule has 0 saturated heterocycles. The van der Waals surface area contributed by atoms with Gasteiger partial charge in [0.25, 0.3) is 0 Å². The van der Waals surface area contributed by atoms with Gasteiger partial charge in [-0.1, -0.05) is 11.8 Å². The van der Waals surface area contributed by atoms with Gasteiger partial charge in [-0.25, -0.2) is 9.97 Å². The van der Waals surface area contributed by atoms with Gasteiger partial charge in [0.05, 0.1) is 6.61 Å². The molecule has 0 aromatic carbocycles. The van der Waals surface area contributed by atoms with Crippen molar-refractivity contribution in [3.05, 3.63) is 11.8 Å². The van der Waals surface area contributed by atoms with Gasteiger partial charge < -0.3 is 5.73 Å². The van der Waals surface area contributed by atoms with Crippen LogP contribution in [0.25, 0.3) is 0 Å². The second kappa shape index (κ2) is 5.35. The molecule has 0 aliphatic heterocycles. The molecule has 0 unspecified atom stereocenters. The number of aromatic nitrogens is 2. The van der Waals surface area contributed by atoms with Crippen molar-refractivity contribution in [2.75, 3.05) is 18.1 Å². The van der Waals surface area contributed by atoms with E-state index in [4.69, 9.17) is 5.73 Å². The topological polar surface area (TPSA) is 61.0 Å². The maximum atomic E-state index is 11.6. The monoisotopic (exact) mass is 253 g/mol. The van der Waals surface area contributed by atoms with Crippen LogP contribution < -0.4 is 5.73 Å². The molecule has 0 aliphatic rings. The number of nitrogens with zero attached hydrogens (tertiary/aromatic N) is 2. The molecule has 4 nitrogen and oxygen atoms in total. The lowest BCUT2D eigenvalue weighted by Gasteiger charge is -2.06. The van der Waals surface area contributed by atoms with Gasteiger partial charge in [0.15, 0.2) is 5.16 Å². The Morgan fingerprint density at radius 1 is 1.44 bits per heavy atom. The number of alkyl halides is 3. The first-order chi connectivity index (χ1) is 7.37. The lowest BCUT2D eigenvalue weighted by molar-refractivity contribution is -0.322. The highest BCUT2D eigenvalue weighted by molar-refractivity contribution is 7.99. The van der Waals surface area contributed by atoms with Crippen LogP contribution in [0, 0.1) is 6.92 Å². The van der Waals surface area contributed by atoms with E-state index in [2.05, 4.69) is 14.7 Å². The van der Waals surface area contributed by atoms with E-state index in [-0.39, 0.29) is 5.75 Å². The van der Waals surface area contributed by atoms with Crippen LogP contribution in [0.5, 0.6) is 0 Å². The van der Waals surface area contributed by atoms with E-state index in [0.717, 1.165) is 11.8 Å². The van der Waals surface area contributed by atoms with Crippen molar-refractivity contribution in [2.45, 2.75) is 18.4 Å². The SMILES string of the molecule is Cc1cc(N)nc(SCCOC(F)(F)F)n1. The third kappa shape index (κ3) is 5.17. The number of rotatable bonds is 4. The zero-order valence-electron chi connectivity index (χ0n) is 8.41. The number of aryl methyl sites for hydroxylation is 1. The Bertz CT molecular complexity index is 339. The van der Waals surface area contributed by atoms with Crippen LogP contribution in [-0.4, -0.2) is 28.7 Å². The van der Waals surface area contributed by atoms with Crippen LogP contribution in [0.1, 0.15) is 5.69 Å². The third-order valence-electron chi connectivity index (χ3n) is 1.43. The van der Waals surface area contributed by atoms with Crippen LogP contribution >= 0.6 is 11.8 Å². The smallest absolute Gasteiger partial charge is 0.384 e. The maximum absolute atomic E-state index is 11.6. The Kier molecular flexibility index (Phi) is 4.36. The predicted octanol–water partition coefficient (Wildman–Crippen LogP) is 2.00. The number of ether oxygens (including phenoxy) is 1. The van der Waals surface area contributed by atoms with Crippen molar-refractivity contribution in [3.8, 4) is 0 Å². The first-order valence-corrected chi connectivity index (χ1v) is 5.30. The van der Waals surface area contributed by atoms with Crippen LogP contribution in [0.4, 0.5) is 19.0 Å². The summed E-state index contributed by atoms with van der Waals surface area (Å²) < 4.78 is 38.5. The van der Waals surface area contributed by atoms with Crippen molar-refractivity contribution < 1.29 is 17.9 Å². The number of hydrogen-bond donors (Lipinski definition) is 1. The molecule has 0 atom stereocenters. The summed E-state index contributed by atoms with van der Waals surface area (Å²) in [5.41, 5.74) is 6.13. The summed E-state index contributed by atoms with van der Waals surface area (Å²) in [6, 6.07) is 1.58. The van der Waals surface area contributed by atoms with E-state index in [1.165, 1.54) is 0 Å². The summed E-state index contributed by atoms with van der Waals surface area (Å²) in [5, 5.41) is 0.350. The molecule has 0 amide bonds. The molecule has 0 bridgehead atoms. The minimum atomic E-state index is -4.59. The zero-order valence-corrected chi connectivity index (χ0v) is 9.23. The van der Waals surface area contributed by atoms with Crippen molar-refractivity contribution in [3.63, 3.8) is 0 Å². The predicted molar refractivity (Wildman–Crippen MR) is 53.9 cm³/mol. The summed E-state index contributed by atoms with van der Waals surface area (Å²) in [4.78, 5) is 7.86. The molecule has 16 heavy (non-hydrogen) atoms. The standard InChI is InChI=1S/C8H10F3N3OS/c1-5-4-6(12)14-7(13-5)16-3-2-15-8(9,10)11/h4H,2-3H2,1H3,(H2,12,13,14). The Balaban J connectivity index is 2.37. The Hall–Kier alpha value is -1.02. The second-order valence-corrected chi connectivity index (χ2v) is 3.92. The zero-order chi connectivity index (χ0) is 12.2. The summed E-state index contributed by atoms with van der Waals surface area (Å²) in [6.07, 6.45) is -4.59. The summed E-state index contributed by atoms with van der Waals surface area (Å²) in [7, 11) is 0. The molecular weight excluding hydrogens is 243 g/mol. The number of halogens is 3. The van der Waals surface area contributed by atoms with E-state index < -0.39 is 13.0 Å². The normalized spacial score (nSPS) is 11.8. The molecular formula is C8H10F3N3OS. The van der Waals surface area contributed by atoms with Crippen LogP contribution in [0.3, 0.4) is 0 Å². The van der Waals surface area contributed by atoms with Crippen LogP contribution in [-0.2, 0) is 4.74 Å². The number of anilines is 1. The first-order valence-electron chi connectivity index (χ1n) is 4.31. The van der Waals surface area contributed by atoms with Gasteiger partial charge in [-0.2, -0.15) is 0 Å². The highest BCUT2D eigenvalue weighted by Gasteiger charge is 2.28. The van der Waals surface area contributed by atoms with Gasteiger partial charge in [0, 0.05) is 17.5 Å². The summed E-state index contributed by atoms with van der Waals surface area (Å²) in [5.74, 6) is 0.411. The number of thioether (sulfide) groups is 1. The van der Waals surface area contributed by atoms with Crippen molar-refractivity contribution in [1.82, 2.24) is 9.97 Å². The Morgan fingerprint density at radius 2 is 2.12 bits per heavy atom. The van der Waals surface area contributed by atoms with Gasteiger partial charge in [0.2, 0.25) is 0 Å². The Labute approximate surface area is 94.4 Å².